The van der Waals surface area contributed by atoms with Crippen LogP contribution < -0.4 is 5.73 Å². The molecule has 3 fully saturated rings. The number of hydrogen-bond donors (Lipinski definition) is 3. The van der Waals surface area contributed by atoms with Crippen LogP contribution in [0.15, 0.2) is 47.6 Å². The molecular weight excluding hydrogens is 797 g/mol. The van der Waals surface area contributed by atoms with Gasteiger partial charge in [0.25, 0.3) is 11.7 Å². The molecule has 1 unspecified atom stereocenters. The largest absolute Gasteiger partial charge is 0.460 e. The first-order valence-corrected chi connectivity index (χ1v) is 22.8. The van der Waals surface area contributed by atoms with E-state index in [1.54, 1.807) is 27.0 Å². The summed E-state index contributed by atoms with van der Waals surface area (Å²) in [7, 11) is 1.57. The van der Waals surface area contributed by atoms with E-state index in [0.29, 0.717) is 69.8 Å². The predicted molar refractivity (Wildman–Crippen MR) is 232 cm³/mol. The number of allylic oxidation sites excluding steroid dienone is 6. The highest BCUT2D eigenvalue weighted by Crippen LogP contribution is 2.34. The molecule has 14 nitrogen and oxygen atoms in total. The Hall–Kier alpha value is -3.98. The van der Waals surface area contributed by atoms with Crippen molar-refractivity contribution in [2.45, 2.75) is 180 Å². The van der Waals surface area contributed by atoms with E-state index in [1.807, 2.05) is 51.2 Å². The first-order valence-electron chi connectivity index (χ1n) is 22.8. The highest BCUT2D eigenvalue weighted by atomic mass is 16.6. The molecule has 0 aromatic heterocycles. The monoisotopic (exact) mass is 869 g/mol. The lowest BCUT2D eigenvalue weighted by atomic mass is 9.83. The highest BCUT2D eigenvalue weighted by Gasteiger charge is 2.49. The van der Waals surface area contributed by atoms with E-state index in [4.69, 9.17) is 24.7 Å². The van der Waals surface area contributed by atoms with E-state index < -0.39 is 65.9 Å². The van der Waals surface area contributed by atoms with Crippen LogP contribution >= 0.6 is 0 Å². The van der Waals surface area contributed by atoms with Gasteiger partial charge in [-0.05, 0) is 114 Å². The van der Waals surface area contributed by atoms with E-state index >= 15 is 0 Å². The minimum absolute atomic E-state index is 0.0756. The zero-order valence-corrected chi connectivity index (χ0v) is 37.8. The Morgan fingerprint density at radius 3 is 2.31 bits per heavy atom. The summed E-state index contributed by atoms with van der Waals surface area (Å²) in [5.41, 5.74) is 6.61. The van der Waals surface area contributed by atoms with Crippen LogP contribution in [0.2, 0.25) is 0 Å². The summed E-state index contributed by atoms with van der Waals surface area (Å²) in [6, 6.07) is -1.11. The Labute approximate surface area is 367 Å². The van der Waals surface area contributed by atoms with E-state index in [-0.39, 0.29) is 67.7 Å². The molecule has 0 aromatic carbocycles. The van der Waals surface area contributed by atoms with Gasteiger partial charge in [-0.15, -0.1) is 0 Å². The maximum atomic E-state index is 14.1. The van der Waals surface area contributed by atoms with Crippen LogP contribution in [0.5, 0.6) is 0 Å². The van der Waals surface area contributed by atoms with Gasteiger partial charge in [0.05, 0.1) is 18.3 Å². The van der Waals surface area contributed by atoms with Crippen LogP contribution in [0.3, 0.4) is 0 Å². The van der Waals surface area contributed by atoms with Crippen LogP contribution in [0.4, 0.5) is 4.79 Å². The van der Waals surface area contributed by atoms with Crippen LogP contribution in [-0.4, -0.2) is 106 Å². The van der Waals surface area contributed by atoms with Gasteiger partial charge in [-0.25, -0.2) is 9.59 Å². The summed E-state index contributed by atoms with van der Waals surface area (Å²) in [4.78, 5) is 81.5. The number of nitrogens with two attached hydrogens (primary N) is 1. The minimum Gasteiger partial charge on any atom is -0.460 e. The summed E-state index contributed by atoms with van der Waals surface area (Å²) < 4.78 is 23.1. The van der Waals surface area contributed by atoms with Crippen molar-refractivity contribution in [3.05, 3.63) is 47.6 Å². The second-order valence-corrected chi connectivity index (χ2v) is 18.3. The lowest BCUT2D eigenvalue weighted by Crippen LogP contribution is -2.58. The second kappa shape index (κ2) is 24.2. The Morgan fingerprint density at radius 2 is 1.61 bits per heavy atom. The number of primary amides is 1. The third-order valence-corrected chi connectivity index (χ3v) is 13.2. The summed E-state index contributed by atoms with van der Waals surface area (Å²) in [6.07, 6.45) is 14.1. The zero-order valence-electron chi connectivity index (χ0n) is 37.8. The smallest absolute Gasteiger partial charge is 0.404 e. The van der Waals surface area contributed by atoms with Gasteiger partial charge in [0.1, 0.15) is 29.8 Å². The number of nitrogens with zero attached hydrogens (tertiary/aromatic N) is 1. The van der Waals surface area contributed by atoms with Crippen LogP contribution in [0.1, 0.15) is 137 Å². The molecular formula is C48H72N2O12. The molecule has 4 aliphatic rings. The van der Waals surface area contributed by atoms with Gasteiger partial charge in [0.15, 0.2) is 0 Å². The number of ketones is 3. The zero-order chi connectivity index (χ0) is 45.6. The maximum Gasteiger partial charge on any atom is 0.404 e. The van der Waals surface area contributed by atoms with Crippen molar-refractivity contribution in [2.75, 3.05) is 13.7 Å². The van der Waals surface area contributed by atoms with E-state index in [0.717, 1.165) is 18.4 Å². The predicted octanol–water partition coefficient (Wildman–Crippen LogP) is 6.54. The molecule has 4 rings (SSSR count). The average Bonchev–Trinajstić information content (AvgIpc) is 3.23. The maximum absolute atomic E-state index is 14.1. The number of rotatable bonds is 5. The van der Waals surface area contributed by atoms with Crippen LogP contribution in [-0.2, 0) is 42.9 Å². The number of carbonyl (C=O) groups is 6. The Bertz CT molecular complexity index is 1700. The molecule has 2 saturated heterocycles. The molecule has 0 aromatic rings. The fourth-order valence-electron chi connectivity index (χ4n) is 9.25. The average molecular weight is 869 g/mol. The minimum atomic E-state index is -2.38. The highest BCUT2D eigenvalue weighted by molar-refractivity contribution is 6.39. The van der Waals surface area contributed by atoms with Gasteiger partial charge < -0.3 is 39.8 Å². The fraction of sp³-hybridized carbons (Fsp3) is 0.708. The summed E-state index contributed by atoms with van der Waals surface area (Å²) in [5.74, 6) is -6.22. The Kier molecular flexibility index (Phi) is 19.8. The SMILES string of the molecule is CO[C@H]1CC2CCC[C@@](O)(O2)C(=O)C(=O)N2CCCC[C@H]2C(=O)O[C@H](CCC2CCC(OC(N)=O)CC2)CC(=O)[C@H](C)/C=C(\C)[C@@H](O)CC(=O)[C@H](C)C[C@H](C)/C=C/C=C/C=C/1C. The molecule has 3 heterocycles. The number of cyclic esters (lactones) is 1. The second-order valence-electron chi connectivity index (χ2n) is 18.3. The quantitative estimate of drug-likeness (QED) is 0.153. The lowest BCUT2D eigenvalue weighted by molar-refractivity contribution is -0.245. The number of Topliss-reactive ketones (excluding diaryl/α,β-unsaturated/α-hetero) is 3. The molecule has 3 aliphatic heterocycles. The van der Waals surface area contributed by atoms with Crippen molar-refractivity contribution < 1.29 is 57.9 Å². The van der Waals surface area contributed by atoms with Crippen molar-refractivity contribution >= 4 is 35.3 Å². The first-order chi connectivity index (χ1) is 29.4. The van der Waals surface area contributed by atoms with Crippen molar-refractivity contribution in [1.82, 2.24) is 4.90 Å². The number of carbonyl (C=O) groups excluding carboxylic acids is 6. The number of aliphatic hydroxyl groups is 2. The van der Waals surface area contributed by atoms with Crippen molar-refractivity contribution in [1.29, 1.82) is 0 Å². The van der Waals surface area contributed by atoms with Crippen LogP contribution in [0, 0.1) is 23.7 Å². The van der Waals surface area contributed by atoms with Crippen molar-refractivity contribution in [3.8, 4) is 0 Å². The molecule has 1 aliphatic carbocycles. The van der Waals surface area contributed by atoms with Gasteiger partial charge >= 0.3 is 12.1 Å². The normalized spacial score (nSPS) is 37.5. The number of fused-ring (bicyclic) bond motifs is 3. The standard InChI is InChI=1S/C48H72N2O12/c1-30-13-8-7-9-14-31(2)43(59-6)28-38-15-12-23-48(58,62-38)44(54)45(55)50-24-11-10-16-39(50)46(56)60-37(22-19-35-17-20-36(21-18-35)61-47(49)57)27-40(51)33(4)26-34(5)42(53)29-41(52)32(3)25-30/h7-9,13-14,26,30,32-33,35-39,42-43,53,58H,10-12,15-25,27-29H2,1-6H3,(H2,49,57)/b9-7+,13-8+,31-14+,34-26+/t30-,32-,33-,35?,36?,37-,38?,39+,42+,43+,48-/m1/s1. The number of esters is 1. The number of ether oxygens (including phenoxy) is 4. The molecule has 14 heteroatoms. The van der Waals surface area contributed by atoms with Gasteiger partial charge in [0, 0.05) is 51.2 Å². The lowest BCUT2D eigenvalue weighted by Gasteiger charge is -2.39. The number of hydrogen-bond acceptors (Lipinski definition) is 12. The van der Waals surface area contributed by atoms with Gasteiger partial charge in [-0.3, -0.25) is 19.2 Å². The summed E-state index contributed by atoms with van der Waals surface area (Å²) >= 11 is 0. The number of amides is 2. The van der Waals surface area contributed by atoms with Crippen LogP contribution in [0.25, 0.3) is 0 Å². The van der Waals surface area contributed by atoms with Gasteiger partial charge in [-0.1, -0.05) is 57.2 Å². The fourth-order valence-corrected chi connectivity index (χ4v) is 9.25. The molecule has 2 bridgehead atoms. The number of aliphatic hydroxyl groups excluding tert-OH is 1. The third kappa shape index (κ3) is 15.1. The Balaban J connectivity index is 1.60. The first kappa shape index (κ1) is 50.7. The molecule has 4 N–H and O–H groups in total. The molecule has 62 heavy (non-hydrogen) atoms. The Morgan fingerprint density at radius 1 is 0.887 bits per heavy atom. The molecule has 2 amide bonds. The molecule has 1 saturated carbocycles. The number of methoxy groups -OCH3 is 1. The number of piperidine rings is 1. The third-order valence-electron chi connectivity index (χ3n) is 13.2. The van der Waals surface area contributed by atoms with E-state index in [9.17, 15) is 39.0 Å². The summed E-state index contributed by atoms with van der Waals surface area (Å²) in [6.45, 7) is 9.29. The van der Waals surface area contributed by atoms with E-state index in [2.05, 4.69) is 0 Å². The topological polar surface area (TPSA) is 209 Å². The molecule has 0 spiro atoms. The van der Waals surface area contributed by atoms with Gasteiger partial charge in [0.2, 0.25) is 5.79 Å². The molecule has 0 radical (unpaired) electrons. The van der Waals surface area contributed by atoms with Gasteiger partial charge in [-0.2, -0.15) is 0 Å². The van der Waals surface area contributed by atoms with E-state index in [1.165, 1.54) is 4.90 Å². The molecule has 9 atom stereocenters. The van der Waals surface area contributed by atoms with Crippen molar-refractivity contribution in [2.24, 2.45) is 29.4 Å². The summed E-state index contributed by atoms with van der Waals surface area (Å²) in [5, 5.41) is 22.6. The van der Waals surface area contributed by atoms with Crippen molar-refractivity contribution in [3.63, 3.8) is 0 Å². The molecule has 346 valence electrons.